The van der Waals surface area contributed by atoms with Crippen molar-refractivity contribution in [3.8, 4) is 0 Å². The van der Waals surface area contributed by atoms with Crippen molar-refractivity contribution in [1.82, 2.24) is 14.8 Å². The van der Waals surface area contributed by atoms with Crippen LogP contribution in [-0.4, -0.2) is 20.7 Å². The lowest BCUT2D eigenvalue weighted by Crippen LogP contribution is -2.14. The van der Waals surface area contributed by atoms with Crippen LogP contribution in [0.2, 0.25) is 5.15 Å². The summed E-state index contributed by atoms with van der Waals surface area (Å²) in [6.45, 7) is 3.64. The Hall–Kier alpha value is -1.88. The molecule has 18 heavy (non-hydrogen) atoms. The molecule has 1 amide bonds. The molecule has 5 nitrogen and oxygen atoms in total. The van der Waals surface area contributed by atoms with Gasteiger partial charge in [-0.3, -0.25) is 9.48 Å². The van der Waals surface area contributed by atoms with Gasteiger partial charge < -0.3 is 5.32 Å². The maximum Gasteiger partial charge on any atom is 0.259 e. The van der Waals surface area contributed by atoms with Crippen LogP contribution in [0.25, 0.3) is 0 Å². The highest BCUT2D eigenvalue weighted by Gasteiger charge is 2.15. The molecule has 2 rings (SSSR count). The largest absolute Gasteiger partial charge is 0.319 e. The number of aromatic nitrogens is 3. The third kappa shape index (κ3) is 2.36. The molecule has 2 aromatic rings. The van der Waals surface area contributed by atoms with Crippen LogP contribution in [0.3, 0.4) is 0 Å². The van der Waals surface area contributed by atoms with Gasteiger partial charge in [0, 0.05) is 19.4 Å². The van der Waals surface area contributed by atoms with Gasteiger partial charge >= 0.3 is 0 Å². The third-order valence-electron chi connectivity index (χ3n) is 2.61. The SMILES string of the molecule is Cc1ccnc(Cl)c1NC(=O)c1cn(C)nc1C. The molecule has 0 radical (unpaired) electrons. The van der Waals surface area contributed by atoms with Crippen LogP contribution in [0, 0.1) is 13.8 Å². The molecule has 0 fully saturated rings. The zero-order valence-electron chi connectivity index (χ0n) is 10.4. The van der Waals surface area contributed by atoms with E-state index in [0.717, 1.165) is 5.56 Å². The number of carbonyl (C=O) groups excluding carboxylic acids is 1. The Morgan fingerprint density at radius 1 is 1.44 bits per heavy atom. The maximum atomic E-state index is 12.1. The highest BCUT2D eigenvalue weighted by Crippen LogP contribution is 2.23. The molecule has 1 N–H and O–H groups in total. The quantitative estimate of drug-likeness (QED) is 0.847. The van der Waals surface area contributed by atoms with Crippen LogP contribution in [0.15, 0.2) is 18.5 Å². The molecule has 0 spiro atoms. The van der Waals surface area contributed by atoms with Crippen molar-refractivity contribution in [1.29, 1.82) is 0 Å². The zero-order chi connectivity index (χ0) is 13.3. The van der Waals surface area contributed by atoms with Gasteiger partial charge in [0.2, 0.25) is 0 Å². The number of anilines is 1. The van der Waals surface area contributed by atoms with Crippen LogP contribution in [-0.2, 0) is 7.05 Å². The number of hydrogen-bond acceptors (Lipinski definition) is 3. The molecule has 2 heterocycles. The first-order chi connectivity index (χ1) is 8.49. The number of carbonyl (C=O) groups is 1. The summed E-state index contributed by atoms with van der Waals surface area (Å²) in [5, 5.41) is 7.17. The van der Waals surface area contributed by atoms with E-state index in [1.807, 2.05) is 6.92 Å². The molecule has 0 aromatic carbocycles. The van der Waals surface area contributed by atoms with E-state index in [2.05, 4.69) is 15.4 Å². The summed E-state index contributed by atoms with van der Waals surface area (Å²) >= 11 is 5.96. The fraction of sp³-hybridized carbons (Fsp3) is 0.250. The predicted octanol–water partition coefficient (Wildman–Crippen LogP) is 2.34. The van der Waals surface area contributed by atoms with Gasteiger partial charge in [-0.2, -0.15) is 5.10 Å². The van der Waals surface area contributed by atoms with Gasteiger partial charge in [-0.05, 0) is 25.5 Å². The van der Waals surface area contributed by atoms with E-state index in [9.17, 15) is 4.79 Å². The Morgan fingerprint density at radius 2 is 2.17 bits per heavy atom. The highest BCUT2D eigenvalue weighted by molar-refractivity contribution is 6.32. The van der Waals surface area contributed by atoms with Gasteiger partial charge in [0.25, 0.3) is 5.91 Å². The molecule has 6 heteroatoms. The summed E-state index contributed by atoms with van der Waals surface area (Å²) in [5.41, 5.74) is 2.60. The third-order valence-corrected chi connectivity index (χ3v) is 2.90. The van der Waals surface area contributed by atoms with E-state index in [0.29, 0.717) is 16.9 Å². The molecule has 0 aliphatic rings. The Balaban J connectivity index is 2.30. The van der Waals surface area contributed by atoms with Crippen molar-refractivity contribution in [3.63, 3.8) is 0 Å². The fourth-order valence-electron chi connectivity index (χ4n) is 1.68. The number of nitrogens with zero attached hydrogens (tertiary/aromatic N) is 3. The molecule has 0 bridgehead atoms. The monoisotopic (exact) mass is 264 g/mol. The van der Waals surface area contributed by atoms with E-state index < -0.39 is 0 Å². The van der Waals surface area contributed by atoms with Gasteiger partial charge in [-0.25, -0.2) is 4.98 Å². The van der Waals surface area contributed by atoms with Crippen molar-refractivity contribution >= 4 is 23.2 Å². The average Bonchev–Trinajstić information content (AvgIpc) is 2.63. The van der Waals surface area contributed by atoms with Crippen LogP contribution in [0.1, 0.15) is 21.6 Å². The molecule has 0 saturated heterocycles. The molecule has 94 valence electrons. The lowest BCUT2D eigenvalue weighted by Gasteiger charge is -2.08. The van der Waals surface area contributed by atoms with Crippen LogP contribution in [0.5, 0.6) is 0 Å². The first-order valence-corrected chi connectivity index (χ1v) is 5.79. The van der Waals surface area contributed by atoms with E-state index in [-0.39, 0.29) is 11.1 Å². The molecule has 2 aromatic heterocycles. The minimum atomic E-state index is -0.237. The standard InChI is InChI=1S/C12H13ClN4O/c1-7-4-5-14-11(13)10(7)15-12(18)9-6-17(3)16-8(9)2/h4-6H,1-3H3,(H,15,18). The van der Waals surface area contributed by atoms with Gasteiger partial charge in [-0.15, -0.1) is 0 Å². The lowest BCUT2D eigenvalue weighted by molar-refractivity contribution is 0.102. The Labute approximate surface area is 110 Å². The number of rotatable bonds is 2. The second kappa shape index (κ2) is 4.78. The minimum Gasteiger partial charge on any atom is -0.319 e. The number of amides is 1. The number of pyridine rings is 1. The minimum absolute atomic E-state index is 0.237. The molecular weight excluding hydrogens is 252 g/mol. The zero-order valence-corrected chi connectivity index (χ0v) is 11.1. The van der Waals surface area contributed by atoms with E-state index in [1.165, 1.54) is 0 Å². The molecular formula is C12H13ClN4O. The summed E-state index contributed by atoms with van der Waals surface area (Å²) < 4.78 is 1.60. The normalized spacial score (nSPS) is 10.4. The van der Waals surface area contributed by atoms with E-state index in [1.54, 1.807) is 37.1 Å². The van der Waals surface area contributed by atoms with Crippen molar-refractivity contribution in [2.24, 2.45) is 7.05 Å². The highest BCUT2D eigenvalue weighted by atomic mass is 35.5. The van der Waals surface area contributed by atoms with E-state index in [4.69, 9.17) is 11.6 Å². The van der Waals surface area contributed by atoms with Gasteiger partial charge in [0.1, 0.15) is 0 Å². The Morgan fingerprint density at radius 3 is 2.72 bits per heavy atom. The van der Waals surface area contributed by atoms with Crippen LogP contribution < -0.4 is 5.32 Å². The lowest BCUT2D eigenvalue weighted by atomic mass is 10.2. The average molecular weight is 265 g/mol. The maximum absolute atomic E-state index is 12.1. The molecule has 0 atom stereocenters. The first kappa shape index (κ1) is 12.6. The van der Waals surface area contributed by atoms with Crippen LogP contribution in [0.4, 0.5) is 5.69 Å². The smallest absolute Gasteiger partial charge is 0.259 e. The number of halogens is 1. The van der Waals surface area contributed by atoms with E-state index >= 15 is 0 Å². The number of hydrogen-bond donors (Lipinski definition) is 1. The fourth-order valence-corrected chi connectivity index (χ4v) is 1.93. The summed E-state index contributed by atoms with van der Waals surface area (Å²) in [6.07, 6.45) is 3.27. The predicted molar refractivity (Wildman–Crippen MR) is 69.9 cm³/mol. The van der Waals surface area contributed by atoms with Crippen molar-refractivity contribution in [2.45, 2.75) is 13.8 Å². The van der Waals surface area contributed by atoms with Gasteiger partial charge in [0.05, 0.1) is 16.9 Å². The van der Waals surface area contributed by atoms with Crippen molar-refractivity contribution in [3.05, 3.63) is 40.4 Å². The molecule has 0 aliphatic heterocycles. The summed E-state index contributed by atoms with van der Waals surface area (Å²) in [4.78, 5) is 16.0. The van der Waals surface area contributed by atoms with Crippen molar-refractivity contribution < 1.29 is 4.79 Å². The molecule has 0 aliphatic carbocycles. The molecule has 0 unspecified atom stereocenters. The topological polar surface area (TPSA) is 59.8 Å². The second-order valence-corrected chi connectivity index (χ2v) is 4.41. The Kier molecular flexibility index (Phi) is 3.34. The summed E-state index contributed by atoms with van der Waals surface area (Å²) in [6, 6.07) is 1.79. The number of nitrogens with one attached hydrogen (secondary N) is 1. The Bertz CT molecular complexity index is 586. The van der Waals surface area contributed by atoms with Crippen LogP contribution >= 0.6 is 11.6 Å². The first-order valence-electron chi connectivity index (χ1n) is 5.41. The summed E-state index contributed by atoms with van der Waals surface area (Å²) in [7, 11) is 1.77. The van der Waals surface area contributed by atoms with Gasteiger partial charge in [0.15, 0.2) is 5.15 Å². The van der Waals surface area contributed by atoms with Gasteiger partial charge in [-0.1, -0.05) is 11.6 Å². The summed E-state index contributed by atoms with van der Waals surface area (Å²) in [5.74, 6) is -0.237. The number of aryl methyl sites for hydroxylation is 3. The second-order valence-electron chi connectivity index (χ2n) is 4.05. The van der Waals surface area contributed by atoms with Crippen molar-refractivity contribution in [2.75, 3.05) is 5.32 Å². The molecule has 0 saturated carbocycles.